The Bertz CT molecular complexity index is 1250. The summed E-state index contributed by atoms with van der Waals surface area (Å²) < 4.78 is 10.6. The van der Waals surface area contributed by atoms with Crippen molar-refractivity contribution < 1.29 is 29.3 Å². The van der Waals surface area contributed by atoms with Gasteiger partial charge in [0.2, 0.25) is 0 Å². The molecule has 7 rings (SSSR count). The van der Waals surface area contributed by atoms with E-state index in [1.165, 1.54) is 0 Å². The van der Waals surface area contributed by atoms with Gasteiger partial charge in [-0.05, 0) is 36.1 Å². The summed E-state index contributed by atoms with van der Waals surface area (Å²) in [6.07, 6.45) is -0.152. The molecule has 6 heteroatoms. The smallest absolute Gasteiger partial charge is 0.324 e. The minimum Gasteiger partial charge on any atom is -0.507 e. The van der Waals surface area contributed by atoms with E-state index in [2.05, 4.69) is 24.3 Å². The van der Waals surface area contributed by atoms with Crippen molar-refractivity contribution in [3.8, 4) is 11.5 Å². The summed E-state index contributed by atoms with van der Waals surface area (Å²) in [5.74, 6) is -1.80. The standard InChI is InChI=1S/C29H26O6/c1-3-34-27(32)29(28(33)35-4-2)13-19-20(14-29)26(31)24-22-16-10-6-5-9-15(16)21(23(24)25(19)30)17-11-7-8-12-18(17)22/h5-12,21-22,30-31H,3-4,13-14H2,1-2H3. The predicted molar refractivity (Wildman–Crippen MR) is 128 cm³/mol. The lowest BCUT2D eigenvalue weighted by molar-refractivity contribution is -0.171. The van der Waals surface area contributed by atoms with Crippen LogP contribution in [0.15, 0.2) is 48.5 Å². The molecule has 0 heterocycles. The van der Waals surface area contributed by atoms with Crippen LogP contribution in [0.2, 0.25) is 0 Å². The van der Waals surface area contributed by atoms with Crippen molar-refractivity contribution in [2.45, 2.75) is 38.5 Å². The lowest BCUT2D eigenvalue weighted by atomic mass is 9.60. The van der Waals surface area contributed by atoms with Crippen LogP contribution >= 0.6 is 0 Å². The van der Waals surface area contributed by atoms with Crippen molar-refractivity contribution >= 4 is 11.9 Å². The molecule has 0 spiro atoms. The molecule has 0 saturated heterocycles. The zero-order valence-electron chi connectivity index (χ0n) is 19.6. The van der Waals surface area contributed by atoms with E-state index in [0.29, 0.717) is 22.3 Å². The number of rotatable bonds is 4. The maximum absolute atomic E-state index is 13.1. The van der Waals surface area contributed by atoms with Crippen LogP contribution in [-0.2, 0) is 31.9 Å². The molecule has 178 valence electrons. The molecule has 3 aromatic rings. The van der Waals surface area contributed by atoms with Crippen molar-refractivity contribution in [3.05, 3.63) is 93.0 Å². The largest absolute Gasteiger partial charge is 0.507 e. The zero-order valence-corrected chi connectivity index (χ0v) is 19.6. The highest BCUT2D eigenvalue weighted by molar-refractivity contribution is 6.02. The van der Waals surface area contributed by atoms with Gasteiger partial charge in [-0.1, -0.05) is 48.5 Å². The second kappa shape index (κ2) is 7.60. The molecule has 2 N–H and O–H groups in total. The van der Waals surface area contributed by atoms with E-state index in [1.54, 1.807) is 13.8 Å². The number of ether oxygens (including phenoxy) is 2. The predicted octanol–water partition coefficient (Wildman–Crippen LogP) is 4.30. The number of aromatic hydroxyl groups is 2. The molecule has 0 radical (unpaired) electrons. The Morgan fingerprint density at radius 2 is 1.09 bits per heavy atom. The molecule has 0 amide bonds. The van der Waals surface area contributed by atoms with Gasteiger partial charge in [-0.2, -0.15) is 0 Å². The summed E-state index contributed by atoms with van der Waals surface area (Å²) in [6.45, 7) is 3.58. The van der Waals surface area contributed by atoms with Gasteiger partial charge in [-0.3, -0.25) is 9.59 Å². The number of hydrogen-bond donors (Lipinski definition) is 2. The summed E-state index contributed by atoms with van der Waals surface area (Å²) in [5, 5.41) is 23.4. The van der Waals surface area contributed by atoms with Crippen molar-refractivity contribution in [3.63, 3.8) is 0 Å². The molecule has 35 heavy (non-hydrogen) atoms. The average Bonchev–Trinajstić information content (AvgIpc) is 3.30. The third-order valence-corrected chi connectivity index (χ3v) is 7.84. The summed E-state index contributed by atoms with van der Waals surface area (Å²) in [7, 11) is 0. The Kier molecular flexibility index (Phi) is 4.72. The molecule has 4 aliphatic rings. The Balaban J connectivity index is 1.59. The Hall–Kier alpha value is -3.80. The van der Waals surface area contributed by atoms with Crippen molar-refractivity contribution in [2.75, 3.05) is 13.2 Å². The van der Waals surface area contributed by atoms with E-state index in [1.807, 2.05) is 24.3 Å². The highest BCUT2D eigenvalue weighted by atomic mass is 16.6. The number of phenolic OH excluding ortho intramolecular Hbond substituents is 2. The minimum atomic E-state index is -1.63. The highest BCUT2D eigenvalue weighted by Crippen LogP contribution is 2.63. The van der Waals surface area contributed by atoms with Crippen molar-refractivity contribution in [1.29, 1.82) is 0 Å². The van der Waals surface area contributed by atoms with Gasteiger partial charge >= 0.3 is 11.9 Å². The molecule has 3 aromatic carbocycles. The molecule has 2 bridgehead atoms. The first-order valence-electron chi connectivity index (χ1n) is 12.1. The topological polar surface area (TPSA) is 93.1 Å². The number of hydrogen-bond acceptors (Lipinski definition) is 6. The SMILES string of the molecule is CCOC(=O)C1(C(=O)OCC)Cc2c(O)c3c(c(O)c2C1)C1c2ccccc2C3c2ccccc21. The number of esters is 2. The van der Waals surface area contributed by atoms with Crippen molar-refractivity contribution in [1.82, 2.24) is 0 Å². The second-order valence-corrected chi connectivity index (χ2v) is 9.48. The number of fused-ring (bicyclic) bond motifs is 1. The third kappa shape index (κ3) is 2.71. The van der Waals surface area contributed by atoms with E-state index in [4.69, 9.17) is 9.47 Å². The maximum atomic E-state index is 13.1. The van der Waals surface area contributed by atoms with Gasteiger partial charge in [0.25, 0.3) is 0 Å². The Labute approximate surface area is 203 Å². The van der Waals surface area contributed by atoms with Crippen LogP contribution in [0.5, 0.6) is 11.5 Å². The summed E-state index contributed by atoms with van der Waals surface area (Å²) >= 11 is 0. The van der Waals surface area contributed by atoms with Gasteiger partial charge in [0.1, 0.15) is 11.5 Å². The average molecular weight is 471 g/mol. The monoisotopic (exact) mass is 470 g/mol. The lowest BCUT2D eigenvalue weighted by Gasteiger charge is -2.43. The molecule has 0 saturated carbocycles. The molecule has 6 nitrogen and oxygen atoms in total. The Morgan fingerprint density at radius 1 is 0.743 bits per heavy atom. The fourth-order valence-corrected chi connectivity index (χ4v) is 6.44. The fraction of sp³-hybridized carbons (Fsp3) is 0.310. The van der Waals surface area contributed by atoms with Gasteiger partial charge in [0.05, 0.1) is 13.2 Å². The minimum absolute atomic E-state index is 0.0438. The molecular formula is C29H26O6. The second-order valence-electron chi connectivity index (χ2n) is 9.48. The molecule has 0 fully saturated rings. The van der Waals surface area contributed by atoms with Gasteiger partial charge in [-0.25, -0.2) is 0 Å². The maximum Gasteiger partial charge on any atom is 0.324 e. The van der Waals surface area contributed by atoms with E-state index in [0.717, 1.165) is 22.3 Å². The molecular weight excluding hydrogens is 444 g/mol. The zero-order chi connectivity index (χ0) is 24.5. The molecule has 0 unspecified atom stereocenters. The van der Waals surface area contributed by atoms with E-state index in [9.17, 15) is 19.8 Å². The number of carbonyl (C=O) groups excluding carboxylic acids is 2. The first-order chi connectivity index (χ1) is 16.9. The van der Waals surface area contributed by atoms with Gasteiger partial charge in [0, 0.05) is 46.9 Å². The van der Waals surface area contributed by atoms with Crippen LogP contribution in [0.4, 0.5) is 0 Å². The highest BCUT2D eigenvalue weighted by Gasteiger charge is 2.56. The van der Waals surface area contributed by atoms with Crippen LogP contribution in [-0.4, -0.2) is 35.4 Å². The van der Waals surface area contributed by atoms with Crippen LogP contribution in [0.25, 0.3) is 0 Å². The van der Waals surface area contributed by atoms with Gasteiger partial charge in [0.15, 0.2) is 5.41 Å². The summed E-state index contributed by atoms with van der Waals surface area (Å²) in [6, 6.07) is 16.2. The lowest BCUT2D eigenvalue weighted by Crippen LogP contribution is -2.43. The molecule has 0 aliphatic heterocycles. The normalized spacial score (nSPS) is 19.8. The first kappa shape index (κ1) is 21.7. The van der Waals surface area contributed by atoms with E-state index >= 15 is 0 Å². The summed E-state index contributed by atoms with van der Waals surface area (Å²) in [4.78, 5) is 26.2. The quantitative estimate of drug-likeness (QED) is 0.231. The van der Waals surface area contributed by atoms with E-state index < -0.39 is 17.4 Å². The fourth-order valence-electron chi connectivity index (χ4n) is 6.44. The van der Waals surface area contributed by atoms with Crippen LogP contribution < -0.4 is 0 Å². The van der Waals surface area contributed by atoms with Crippen LogP contribution in [0.1, 0.15) is 70.2 Å². The van der Waals surface area contributed by atoms with E-state index in [-0.39, 0.29) is 49.4 Å². The van der Waals surface area contributed by atoms with Crippen LogP contribution in [0, 0.1) is 5.41 Å². The third-order valence-electron chi connectivity index (χ3n) is 7.84. The molecule has 0 aromatic heterocycles. The molecule has 0 atom stereocenters. The summed E-state index contributed by atoms with van der Waals surface area (Å²) in [5.41, 5.74) is 4.91. The van der Waals surface area contributed by atoms with Crippen molar-refractivity contribution in [2.24, 2.45) is 5.41 Å². The number of benzene rings is 3. The molecule has 4 aliphatic carbocycles. The number of phenols is 2. The first-order valence-corrected chi connectivity index (χ1v) is 12.1. The Morgan fingerprint density at radius 3 is 1.40 bits per heavy atom. The number of carbonyl (C=O) groups is 2. The van der Waals surface area contributed by atoms with Gasteiger partial charge < -0.3 is 19.7 Å². The van der Waals surface area contributed by atoms with Gasteiger partial charge in [-0.15, -0.1) is 0 Å². The van der Waals surface area contributed by atoms with Crippen LogP contribution in [0.3, 0.4) is 0 Å².